The van der Waals surface area contributed by atoms with Crippen molar-refractivity contribution in [3.05, 3.63) is 29.8 Å². The van der Waals surface area contributed by atoms with Gasteiger partial charge in [0.05, 0.1) is 11.0 Å². The fraction of sp³-hybridized carbons (Fsp3) is 0.682. The number of ether oxygens (including phenoxy) is 1. The molecule has 0 atom stereocenters. The number of unbranched alkanes of at least 4 members (excludes halogenated alkanes) is 9. The first-order valence-electron chi connectivity index (χ1n) is 10.7. The highest BCUT2D eigenvalue weighted by molar-refractivity contribution is 7.85. The smallest absolute Gasteiger partial charge is 0.294 e. The number of nitrogens with one attached hydrogen (secondary N) is 1. The predicted octanol–water partition coefficient (Wildman–Crippen LogP) is 5.70. The Morgan fingerprint density at radius 1 is 1.00 bits per heavy atom. The van der Waals surface area contributed by atoms with Gasteiger partial charge < -0.3 is 10.5 Å². The van der Waals surface area contributed by atoms with Crippen molar-refractivity contribution >= 4 is 16.1 Å². The minimum absolute atomic E-state index is 0.0255. The Labute approximate surface area is 177 Å². The minimum atomic E-state index is -4.10. The van der Waals surface area contributed by atoms with E-state index in [0.717, 1.165) is 18.4 Å². The Balaban J connectivity index is 0.000000956. The second-order valence-corrected chi connectivity index (χ2v) is 8.94. The summed E-state index contributed by atoms with van der Waals surface area (Å²) in [5.41, 5.74) is 5.58. The Bertz CT molecular complexity index is 661. The summed E-state index contributed by atoms with van der Waals surface area (Å²) in [6.45, 7) is 5.88. The molecule has 0 amide bonds. The molecule has 6 nitrogen and oxygen atoms in total. The molecule has 0 bridgehead atoms. The van der Waals surface area contributed by atoms with E-state index in [0.29, 0.717) is 6.42 Å². The standard InChI is InChI=1S/C18H30O3S.C4H10N2O/c1-2-3-4-5-6-7-8-9-10-11-14-17-15-12-13-16-18(17)22(19,20)21;1-3(2)7-4(5)6/h12-13,15-16H,2-11,14H2,1H3,(H,19,20,21);3H,1-2H3,(H3,5,6). The second-order valence-electron chi connectivity index (χ2n) is 7.55. The van der Waals surface area contributed by atoms with Crippen molar-refractivity contribution < 1.29 is 17.7 Å². The third-order valence-corrected chi connectivity index (χ3v) is 5.37. The SMILES string of the molecule is CC(C)OC(=N)N.CCCCCCCCCCCCc1ccccc1S(=O)(=O)O. The van der Waals surface area contributed by atoms with Crippen molar-refractivity contribution in [2.24, 2.45) is 5.73 Å². The first-order valence-corrected chi connectivity index (χ1v) is 12.2. The lowest BCUT2D eigenvalue weighted by Crippen LogP contribution is -2.18. The van der Waals surface area contributed by atoms with Gasteiger partial charge in [-0.3, -0.25) is 9.96 Å². The Kier molecular flexibility index (Phi) is 15.3. The maximum absolute atomic E-state index is 11.3. The molecule has 0 saturated heterocycles. The van der Waals surface area contributed by atoms with Crippen LogP contribution in [0.25, 0.3) is 0 Å². The first-order chi connectivity index (χ1) is 13.7. The molecule has 1 aromatic carbocycles. The van der Waals surface area contributed by atoms with E-state index >= 15 is 0 Å². The number of hydrogen-bond acceptors (Lipinski definition) is 4. The van der Waals surface area contributed by atoms with Gasteiger partial charge in [-0.15, -0.1) is 0 Å². The fourth-order valence-electron chi connectivity index (χ4n) is 3.02. The summed E-state index contributed by atoms with van der Waals surface area (Å²) < 4.78 is 36.4. The van der Waals surface area contributed by atoms with Crippen molar-refractivity contribution in [3.8, 4) is 0 Å². The van der Waals surface area contributed by atoms with Crippen LogP contribution >= 0.6 is 0 Å². The number of nitrogens with two attached hydrogens (primary N) is 1. The monoisotopic (exact) mass is 428 g/mol. The molecule has 4 N–H and O–H groups in total. The molecule has 0 unspecified atom stereocenters. The number of hydrogen-bond donors (Lipinski definition) is 3. The van der Waals surface area contributed by atoms with Gasteiger partial charge in [-0.2, -0.15) is 8.42 Å². The van der Waals surface area contributed by atoms with Crippen molar-refractivity contribution in [1.29, 1.82) is 5.41 Å². The highest BCUT2D eigenvalue weighted by Crippen LogP contribution is 2.18. The molecule has 1 aromatic rings. The average Bonchev–Trinajstić information content (AvgIpc) is 2.62. The van der Waals surface area contributed by atoms with Gasteiger partial charge in [0, 0.05) is 0 Å². The lowest BCUT2D eigenvalue weighted by molar-refractivity contribution is 0.222. The number of aryl methyl sites for hydroxylation is 1. The topological polar surface area (TPSA) is 113 Å². The summed E-state index contributed by atoms with van der Waals surface area (Å²) in [6, 6.07) is 6.51. The van der Waals surface area contributed by atoms with E-state index in [4.69, 9.17) is 11.1 Å². The van der Waals surface area contributed by atoms with Crippen LogP contribution < -0.4 is 5.73 Å². The van der Waals surface area contributed by atoms with E-state index in [-0.39, 0.29) is 17.0 Å². The Morgan fingerprint density at radius 3 is 1.90 bits per heavy atom. The molecule has 29 heavy (non-hydrogen) atoms. The largest absolute Gasteiger partial charge is 0.463 e. The van der Waals surface area contributed by atoms with Crippen molar-refractivity contribution in [2.75, 3.05) is 0 Å². The molecule has 168 valence electrons. The van der Waals surface area contributed by atoms with Crippen LogP contribution in [-0.2, 0) is 21.3 Å². The molecule has 0 spiro atoms. The van der Waals surface area contributed by atoms with Gasteiger partial charge in [-0.25, -0.2) is 0 Å². The number of benzene rings is 1. The van der Waals surface area contributed by atoms with Crippen LogP contribution in [0.15, 0.2) is 29.2 Å². The van der Waals surface area contributed by atoms with Crippen molar-refractivity contribution in [2.45, 2.75) is 102 Å². The van der Waals surface area contributed by atoms with E-state index in [1.165, 1.54) is 57.4 Å². The summed E-state index contributed by atoms with van der Waals surface area (Å²) in [4.78, 5) is 0.0610. The molecule has 1 rings (SSSR count). The van der Waals surface area contributed by atoms with Crippen LogP contribution in [0.3, 0.4) is 0 Å². The summed E-state index contributed by atoms with van der Waals surface area (Å²) in [6.07, 6.45) is 13.3. The zero-order chi connectivity index (χ0) is 22.1. The lowest BCUT2D eigenvalue weighted by Gasteiger charge is -2.07. The molecular formula is C22H40N2O4S. The summed E-state index contributed by atoms with van der Waals surface area (Å²) >= 11 is 0. The first kappa shape index (κ1) is 27.4. The van der Waals surface area contributed by atoms with E-state index in [1.807, 2.05) is 19.9 Å². The van der Waals surface area contributed by atoms with Gasteiger partial charge in [0.2, 0.25) is 0 Å². The predicted molar refractivity (Wildman–Crippen MR) is 120 cm³/mol. The number of rotatable bonds is 13. The van der Waals surface area contributed by atoms with E-state index in [2.05, 4.69) is 11.7 Å². The molecule has 0 fully saturated rings. The summed E-state index contributed by atoms with van der Waals surface area (Å²) in [7, 11) is -4.10. The third-order valence-electron chi connectivity index (χ3n) is 4.41. The van der Waals surface area contributed by atoms with Gasteiger partial charge in [-0.1, -0.05) is 82.9 Å². The van der Waals surface area contributed by atoms with Crippen LogP contribution in [0.1, 0.15) is 90.5 Å². The molecule has 0 radical (unpaired) electrons. The second kappa shape index (κ2) is 16.2. The zero-order valence-corrected chi connectivity index (χ0v) is 19.1. The molecule has 0 aliphatic heterocycles. The van der Waals surface area contributed by atoms with Gasteiger partial charge in [-0.05, 0) is 38.3 Å². The average molecular weight is 429 g/mol. The fourth-order valence-corrected chi connectivity index (χ4v) is 3.77. The van der Waals surface area contributed by atoms with E-state index < -0.39 is 10.1 Å². The molecule has 0 aromatic heterocycles. The summed E-state index contributed by atoms with van der Waals surface area (Å²) in [5, 5.41) is 6.58. The van der Waals surface area contributed by atoms with Gasteiger partial charge in [0.15, 0.2) is 0 Å². The van der Waals surface area contributed by atoms with E-state index in [1.54, 1.807) is 12.1 Å². The van der Waals surface area contributed by atoms with Crippen LogP contribution in [0, 0.1) is 5.41 Å². The van der Waals surface area contributed by atoms with Crippen LogP contribution in [0.5, 0.6) is 0 Å². The maximum Gasteiger partial charge on any atom is 0.294 e. The molecule has 0 aliphatic carbocycles. The highest BCUT2D eigenvalue weighted by Gasteiger charge is 2.13. The van der Waals surface area contributed by atoms with Crippen molar-refractivity contribution in [1.82, 2.24) is 0 Å². The Morgan fingerprint density at radius 2 is 1.48 bits per heavy atom. The zero-order valence-electron chi connectivity index (χ0n) is 18.3. The lowest BCUT2D eigenvalue weighted by atomic mass is 10.0. The third kappa shape index (κ3) is 15.9. The van der Waals surface area contributed by atoms with Crippen LogP contribution in [-0.4, -0.2) is 25.1 Å². The number of amidine groups is 1. The normalized spacial score (nSPS) is 11.1. The molecule has 0 aliphatic rings. The minimum Gasteiger partial charge on any atom is -0.463 e. The quantitative estimate of drug-likeness (QED) is 0.161. The summed E-state index contributed by atoms with van der Waals surface area (Å²) in [5.74, 6) is 0. The Hall–Kier alpha value is -1.60. The molecule has 7 heteroatoms. The van der Waals surface area contributed by atoms with Crippen molar-refractivity contribution in [3.63, 3.8) is 0 Å². The van der Waals surface area contributed by atoms with E-state index in [9.17, 15) is 13.0 Å². The van der Waals surface area contributed by atoms with Gasteiger partial charge >= 0.3 is 0 Å². The molecule has 0 saturated carbocycles. The van der Waals surface area contributed by atoms with Gasteiger partial charge in [0.25, 0.3) is 16.1 Å². The maximum atomic E-state index is 11.3. The highest BCUT2D eigenvalue weighted by atomic mass is 32.2. The van der Waals surface area contributed by atoms with Crippen LogP contribution in [0.4, 0.5) is 0 Å². The van der Waals surface area contributed by atoms with Gasteiger partial charge in [0.1, 0.15) is 0 Å². The van der Waals surface area contributed by atoms with Crippen LogP contribution in [0.2, 0.25) is 0 Å². The molecular weight excluding hydrogens is 388 g/mol. The molecule has 0 heterocycles.